The van der Waals surface area contributed by atoms with Gasteiger partial charge in [-0.1, -0.05) is 58.9 Å². The van der Waals surface area contributed by atoms with Crippen LogP contribution in [-0.4, -0.2) is 12.1 Å². The lowest BCUT2D eigenvalue weighted by atomic mass is 9.72. The monoisotopic (exact) mass is 462 g/mol. The molecule has 0 fully saturated rings. The second-order valence-corrected chi connectivity index (χ2v) is 11.4. The molecule has 2 heterocycles. The molecule has 1 aliphatic rings. The van der Waals surface area contributed by atoms with E-state index in [1.165, 1.54) is 16.0 Å². The van der Waals surface area contributed by atoms with E-state index in [4.69, 9.17) is 9.41 Å². The Morgan fingerprint density at radius 3 is 2.64 bits per heavy atom. The number of benzene rings is 1. The molecule has 0 unspecified atom stereocenters. The van der Waals surface area contributed by atoms with Crippen LogP contribution in [0.25, 0.3) is 0 Å². The van der Waals surface area contributed by atoms with E-state index in [-0.39, 0.29) is 11.3 Å². The molecule has 2 aromatic heterocycles. The van der Waals surface area contributed by atoms with Crippen molar-refractivity contribution in [2.75, 3.05) is 0 Å². The number of carbonyl (C=O) groups is 1. The fourth-order valence-corrected chi connectivity index (χ4v) is 5.67. The molecule has 1 amide bonds. The molecule has 3 aromatic rings. The molecule has 1 N–H and O–H groups in total. The van der Waals surface area contributed by atoms with Crippen molar-refractivity contribution in [1.82, 2.24) is 5.32 Å². The molecule has 4 rings (SSSR count). The summed E-state index contributed by atoms with van der Waals surface area (Å²) >= 11 is 1.68. The quantitative estimate of drug-likeness (QED) is 0.391. The van der Waals surface area contributed by atoms with Crippen LogP contribution in [-0.2, 0) is 19.4 Å². The Labute approximate surface area is 201 Å². The van der Waals surface area contributed by atoms with Crippen LogP contribution in [0.1, 0.15) is 84.6 Å². The summed E-state index contributed by atoms with van der Waals surface area (Å²) in [6.07, 6.45) is 6.55. The van der Waals surface area contributed by atoms with Crippen LogP contribution in [0, 0.1) is 11.3 Å². The molecule has 0 bridgehead atoms. The Kier molecular flexibility index (Phi) is 6.89. The first kappa shape index (κ1) is 23.5. The third kappa shape index (κ3) is 5.47. The predicted molar refractivity (Wildman–Crippen MR) is 137 cm³/mol. The van der Waals surface area contributed by atoms with Crippen molar-refractivity contribution >= 4 is 28.5 Å². The highest BCUT2D eigenvalue weighted by atomic mass is 32.1. The fraction of sp³-hybridized carbons (Fsp3) is 0.429. The zero-order chi connectivity index (χ0) is 23.6. The van der Waals surface area contributed by atoms with E-state index in [1.54, 1.807) is 17.6 Å². The lowest BCUT2D eigenvalue weighted by Gasteiger charge is -2.33. The number of nitrogens with zero attached hydrogens (tertiary/aromatic N) is 1. The van der Waals surface area contributed by atoms with Gasteiger partial charge in [-0.2, -0.15) is 0 Å². The summed E-state index contributed by atoms with van der Waals surface area (Å²) in [6.45, 7) is 11.7. The van der Waals surface area contributed by atoms with Gasteiger partial charge in [0.25, 0.3) is 5.91 Å². The van der Waals surface area contributed by atoms with Gasteiger partial charge in [-0.05, 0) is 65.3 Å². The minimum atomic E-state index is -0.0691. The standard InChI is InChI=1S/C28H34N2O2S/c1-18(2)20-10-8-19(9-11-20)16-30-27-25(26(31)29-17-22-7-6-14-32-22)23-13-12-21(28(3,4)5)15-24(23)33-27/h6-11,14,16,18,21H,12-13,15,17H2,1-5H3,(H,29,31)/t21-/m0/s1. The molecule has 0 saturated heterocycles. The minimum Gasteiger partial charge on any atom is -0.467 e. The number of carbonyl (C=O) groups excluding carboxylic acids is 1. The Morgan fingerprint density at radius 1 is 1.24 bits per heavy atom. The van der Waals surface area contributed by atoms with Gasteiger partial charge in [0.1, 0.15) is 10.8 Å². The molecule has 33 heavy (non-hydrogen) atoms. The van der Waals surface area contributed by atoms with Crippen molar-refractivity contribution in [2.24, 2.45) is 16.3 Å². The molecule has 0 spiro atoms. The molecule has 174 valence electrons. The molecule has 0 aliphatic heterocycles. The van der Waals surface area contributed by atoms with Gasteiger partial charge in [-0.15, -0.1) is 11.3 Å². The highest BCUT2D eigenvalue weighted by Crippen LogP contribution is 2.45. The zero-order valence-corrected chi connectivity index (χ0v) is 21.1. The summed E-state index contributed by atoms with van der Waals surface area (Å²) in [5.41, 5.74) is 4.53. The van der Waals surface area contributed by atoms with Gasteiger partial charge in [-0.3, -0.25) is 4.79 Å². The Balaban J connectivity index is 1.63. The van der Waals surface area contributed by atoms with Gasteiger partial charge in [0.15, 0.2) is 0 Å². The SMILES string of the molecule is CC(C)c1ccc(C=Nc2sc3c(c2C(=O)NCc2ccco2)CC[C@H](C(C)(C)C)C3)cc1. The Morgan fingerprint density at radius 2 is 2.00 bits per heavy atom. The average molecular weight is 463 g/mol. The van der Waals surface area contributed by atoms with Gasteiger partial charge in [0.2, 0.25) is 0 Å². The summed E-state index contributed by atoms with van der Waals surface area (Å²) < 4.78 is 5.39. The number of amides is 1. The van der Waals surface area contributed by atoms with Crippen LogP contribution in [0.15, 0.2) is 52.1 Å². The molecule has 5 heteroatoms. The number of aliphatic imine (C=N–C) groups is 1. The predicted octanol–water partition coefficient (Wildman–Crippen LogP) is 7.30. The van der Waals surface area contributed by atoms with E-state index in [9.17, 15) is 4.79 Å². The van der Waals surface area contributed by atoms with Crippen LogP contribution in [0.5, 0.6) is 0 Å². The van der Waals surface area contributed by atoms with Crippen LogP contribution in [0.4, 0.5) is 5.00 Å². The number of thiophene rings is 1. The second kappa shape index (κ2) is 9.68. The minimum absolute atomic E-state index is 0.0691. The van der Waals surface area contributed by atoms with Gasteiger partial charge < -0.3 is 9.73 Å². The third-order valence-corrected chi connectivity index (χ3v) is 7.80. The molecular formula is C28H34N2O2S. The largest absolute Gasteiger partial charge is 0.467 e. The van der Waals surface area contributed by atoms with E-state index in [1.807, 2.05) is 18.3 Å². The van der Waals surface area contributed by atoms with Crippen molar-refractivity contribution < 1.29 is 9.21 Å². The molecule has 0 saturated carbocycles. The van der Waals surface area contributed by atoms with Crippen LogP contribution < -0.4 is 5.32 Å². The molecule has 1 aromatic carbocycles. The number of nitrogens with one attached hydrogen (secondary N) is 1. The number of fused-ring (bicyclic) bond motifs is 1. The highest BCUT2D eigenvalue weighted by molar-refractivity contribution is 7.16. The highest BCUT2D eigenvalue weighted by Gasteiger charge is 2.33. The van der Waals surface area contributed by atoms with E-state index >= 15 is 0 Å². The van der Waals surface area contributed by atoms with Crippen LogP contribution in [0.2, 0.25) is 0 Å². The van der Waals surface area contributed by atoms with Crippen LogP contribution >= 0.6 is 11.3 Å². The van der Waals surface area contributed by atoms with Gasteiger partial charge in [0.05, 0.1) is 18.4 Å². The van der Waals surface area contributed by atoms with E-state index < -0.39 is 0 Å². The van der Waals surface area contributed by atoms with Crippen molar-refractivity contribution in [2.45, 2.75) is 66.3 Å². The average Bonchev–Trinajstić information content (AvgIpc) is 3.42. The summed E-state index contributed by atoms with van der Waals surface area (Å²) in [5, 5.41) is 3.84. The van der Waals surface area contributed by atoms with E-state index in [0.717, 1.165) is 41.2 Å². The van der Waals surface area contributed by atoms with Gasteiger partial charge >= 0.3 is 0 Å². The summed E-state index contributed by atoms with van der Waals surface area (Å²) in [4.78, 5) is 19.4. The summed E-state index contributed by atoms with van der Waals surface area (Å²) in [7, 11) is 0. The van der Waals surface area contributed by atoms with Crippen molar-refractivity contribution in [3.8, 4) is 0 Å². The second-order valence-electron chi connectivity index (χ2n) is 10.3. The van der Waals surface area contributed by atoms with E-state index in [0.29, 0.717) is 18.4 Å². The Bertz CT molecular complexity index is 1120. The molecule has 0 radical (unpaired) electrons. The number of hydrogen-bond acceptors (Lipinski definition) is 4. The van der Waals surface area contributed by atoms with Crippen molar-refractivity contribution in [1.29, 1.82) is 0 Å². The maximum absolute atomic E-state index is 13.3. The third-order valence-electron chi connectivity index (χ3n) is 6.64. The molecule has 1 atom stereocenters. The van der Waals surface area contributed by atoms with Crippen molar-refractivity contribution in [3.63, 3.8) is 0 Å². The maximum atomic E-state index is 13.3. The molecule has 1 aliphatic carbocycles. The van der Waals surface area contributed by atoms with E-state index in [2.05, 4.69) is 64.2 Å². The summed E-state index contributed by atoms with van der Waals surface area (Å²) in [6, 6.07) is 12.2. The smallest absolute Gasteiger partial charge is 0.255 e. The Hall–Kier alpha value is -2.66. The zero-order valence-electron chi connectivity index (χ0n) is 20.3. The van der Waals surface area contributed by atoms with Crippen LogP contribution in [0.3, 0.4) is 0 Å². The first-order valence-corrected chi connectivity index (χ1v) is 12.6. The van der Waals surface area contributed by atoms with Gasteiger partial charge in [-0.25, -0.2) is 4.99 Å². The van der Waals surface area contributed by atoms with Gasteiger partial charge in [0, 0.05) is 11.1 Å². The normalized spacial score (nSPS) is 16.4. The molecular weight excluding hydrogens is 428 g/mol. The van der Waals surface area contributed by atoms with Crippen molar-refractivity contribution in [3.05, 3.63) is 75.6 Å². The lowest BCUT2D eigenvalue weighted by Crippen LogP contribution is -2.28. The topological polar surface area (TPSA) is 54.6 Å². The number of rotatable bonds is 6. The number of hydrogen-bond donors (Lipinski definition) is 1. The summed E-state index contributed by atoms with van der Waals surface area (Å²) in [5.74, 6) is 1.79. The lowest BCUT2D eigenvalue weighted by molar-refractivity contribution is 0.0947. The number of furan rings is 1. The fourth-order valence-electron chi connectivity index (χ4n) is 4.40. The first-order valence-electron chi connectivity index (χ1n) is 11.8. The molecule has 4 nitrogen and oxygen atoms in total. The maximum Gasteiger partial charge on any atom is 0.255 e. The first-order chi connectivity index (χ1) is 15.7.